The first-order chi connectivity index (χ1) is 10.2. The zero-order valence-corrected chi connectivity index (χ0v) is 12.3. The summed E-state index contributed by atoms with van der Waals surface area (Å²) in [4.78, 5) is 8.76. The average Bonchev–Trinajstić information content (AvgIpc) is 2.86. The average molecular weight is 283 g/mol. The molecule has 2 aromatic heterocycles. The molecule has 3 rings (SSSR count). The Morgan fingerprint density at radius 1 is 1.14 bits per heavy atom. The van der Waals surface area contributed by atoms with E-state index in [1.165, 1.54) is 0 Å². The normalized spacial score (nSPS) is 10.8. The molecule has 0 bridgehead atoms. The minimum absolute atomic E-state index is 0.495. The van der Waals surface area contributed by atoms with Crippen LogP contribution in [0, 0.1) is 13.8 Å². The topological polar surface area (TPSA) is 75.7 Å². The van der Waals surface area contributed by atoms with Gasteiger partial charge in [-0.1, -0.05) is 6.07 Å². The smallest absolute Gasteiger partial charge is 0.235 e. The SMILES string of the molecule is CCNc1nc(Oc2cc(C)cc(C)c2)c2cn[nH]c2n1. The minimum Gasteiger partial charge on any atom is -0.438 e. The Morgan fingerprint density at radius 2 is 1.90 bits per heavy atom. The number of anilines is 1. The summed E-state index contributed by atoms with van der Waals surface area (Å²) < 4.78 is 5.95. The Kier molecular flexibility index (Phi) is 3.43. The third kappa shape index (κ3) is 2.79. The highest BCUT2D eigenvalue weighted by molar-refractivity contribution is 5.80. The number of nitrogens with one attached hydrogen (secondary N) is 2. The van der Waals surface area contributed by atoms with E-state index in [2.05, 4.69) is 31.5 Å². The van der Waals surface area contributed by atoms with Crippen LogP contribution in [0.3, 0.4) is 0 Å². The summed E-state index contributed by atoms with van der Waals surface area (Å²) in [6.07, 6.45) is 1.67. The number of ether oxygens (including phenoxy) is 1. The maximum Gasteiger partial charge on any atom is 0.235 e. The van der Waals surface area contributed by atoms with Crippen LogP contribution in [0.4, 0.5) is 5.95 Å². The number of benzene rings is 1. The number of aromatic nitrogens is 4. The first-order valence-corrected chi connectivity index (χ1v) is 6.87. The predicted octanol–water partition coefficient (Wildman–Crippen LogP) is 3.19. The predicted molar refractivity (Wildman–Crippen MR) is 81.8 cm³/mol. The second-order valence-electron chi connectivity index (χ2n) is 4.94. The van der Waals surface area contributed by atoms with Gasteiger partial charge >= 0.3 is 0 Å². The summed E-state index contributed by atoms with van der Waals surface area (Å²) in [6.45, 7) is 6.81. The first-order valence-electron chi connectivity index (χ1n) is 6.87. The monoisotopic (exact) mass is 283 g/mol. The van der Waals surface area contributed by atoms with E-state index in [-0.39, 0.29) is 0 Å². The van der Waals surface area contributed by atoms with Gasteiger partial charge in [-0.25, -0.2) is 0 Å². The fourth-order valence-corrected chi connectivity index (χ4v) is 2.23. The Bertz CT molecular complexity index is 761. The van der Waals surface area contributed by atoms with Crippen LogP contribution in [0.2, 0.25) is 0 Å². The Labute approximate surface area is 122 Å². The van der Waals surface area contributed by atoms with Gasteiger partial charge in [-0.05, 0) is 44.0 Å². The molecular formula is C15H17N5O. The third-order valence-corrected chi connectivity index (χ3v) is 3.02. The van der Waals surface area contributed by atoms with Crippen LogP contribution in [0.25, 0.3) is 11.0 Å². The van der Waals surface area contributed by atoms with E-state index < -0.39 is 0 Å². The number of rotatable bonds is 4. The van der Waals surface area contributed by atoms with Gasteiger partial charge in [0, 0.05) is 6.54 Å². The Balaban J connectivity index is 2.04. The van der Waals surface area contributed by atoms with Crippen LogP contribution in [0.15, 0.2) is 24.4 Å². The molecule has 0 radical (unpaired) electrons. The van der Waals surface area contributed by atoms with Crippen molar-refractivity contribution in [3.8, 4) is 11.6 Å². The summed E-state index contributed by atoms with van der Waals surface area (Å²) in [5.41, 5.74) is 2.95. The van der Waals surface area contributed by atoms with Crippen molar-refractivity contribution in [3.63, 3.8) is 0 Å². The van der Waals surface area contributed by atoms with Crippen molar-refractivity contribution in [2.75, 3.05) is 11.9 Å². The second kappa shape index (κ2) is 5.40. The van der Waals surface area contributed by atoms with E-state index in [0.29, 0.717) is 17.5 Å². The van der Waals surface area contributed by atoms with E-state index in [1.54, 1.807) is 6.20 Å². The van der Waals surface area contributed by atoms with Gasteiger partial charge in [0.25, 0.3) is 0 Å². The fourth-order valence-electron chi connectivity index (χ4n) is 2.23. The summed E-state index contributed by atoms with van der Waals surface area (Å²) >= 11 is 0. The third-order valence-electron chi connectivity index (χ3n) is 3.02. The van der Waals surface area contributed by atoms with Crippen LogP contribution in [0.5, 0.6) is 11.6 Å². The van der Waals surface area contributed by atoms with Crippen molar-refractivity contribution in [1.29, 1.82) is 0 Å². The van der Waals surface area contributed by atoms with E-state index in [0.717, 1.165) is 28.8 Å². The van der Waals surface area contributed by atoms with Crippen molar-refractivity contribution in [3.05, 3.63) is 35.5 Å². The van der Waals surface area contributed by atoms with Crippen LogP contribution in [-0.4, -0.2) is 26.7 Å². The standard InChI is InChI=1S/C15H17N5O/c1-4-16-15-18-13-12(8-17-20-13)14(19-15)21-11-6-9(2)5-10(3)7-11/h5-8H,4H2,1-3H3,(H2,16,17,18,19,20). The molecule has 0 unspecified atom stereocenters. The maximum absolute atomic E-state index is 5.95. The number of hydrogen-bond donors (Lipinski definition) is 2. The fraction of sp³-hybridized carbons (Fsp3) is 0.267. The summed E-state index contributed by atoms with van der Waals surface area (Å²) in [6, 6.07) is 6.06. The molecule has 21 heavy (non-hydrogen) atoms. The molecule has 0 aliphatic rings. The number of nitrogens with zero attached hydrogens (tertiary/aromatic N) is 3. The molecule has 0 aliphatic carbocycles. The van der Waals surface area contributed by atoms with Gasteiger partial charge in [-0.3, -0.25) is 5.10 Å². The lowest BCUT2D eigenvalue weighted by atomic mass is 10.1. The minimum atomic E-state index is 0.495. The molecule has 6 nitrogen and oxygen atoms in total. The van der Waals surface area contributed by atoms with Crippen molar-refractivity contribution >= 4 is 17.0 Å². The van der Waals surface area contributed by atoms with Crippen molar-refractivity contribution in [1.82, 2.24) is 20.2 Å². The molecule has 3 aromatic rings. The van der Waals surface area contributed by atoms with Gasteiger partial charge in [0.2, 0.25) is 11.8 Å². The molecule has 0 fully saturated rings. The van der Waals surface area contributed by atoms with E-state index in [9.17, 15) is 0 Å². The summed E-state index contributed by atoms with van der Waals surface area (Å²) in [5.74, 6) is 1.78. The van der Waals surface area contributed by atoms with Gasteiger partial charge in [0.1, 0.15) is 11.1 Å². The van der Waals surface area contributed by atoms with Crippen molar-refractivity contribution < 1.29 is 4.74 Å². The second-order valence-corrected chi connectivity index (χ2v) is 4.94. The highest BCUT2D eigenvalue weighted by Crippen LogP contribution is 2.28. The number of aryl methyl sites for hydroxylation is 2. The lowest BCUT2D eigenvalue weighted by Crippen LogP contribution is -2.03. The Hall–Kier alpha value is -2.63. The Morgan fingerprint density at radius 3 is 2.62 bits per heavy atom. The molecule has 108 valence electrons. The van der Waals surface area contributed by atoms with Crippen molar-refractivity contribution in [2.45, 2.75) is 20.8 Å². The molecule has 0 saturated carbocycles. The van der Waals surface area contributed by atoms with Crippen LogP contribution < -0.4 is 10.1 Å². The highest BCUT2D eigenvalue weighted by atomic mass is 16.5. The number of aromatic amines is 1. The summed E-state index contributed by atoms with van der Waals surface area (Å²) in [5, 5.41) is 10.7. The summed E-state index contributed by atoms with van der Waals surface area (Å²) in [7, 11) is 0. The van der Waals surface area contributed by atoms with Crippen molar-refractivity contribution in [2.24, 2.45) is 0 Å². The van der Waals surface area contributed by atoms with E-state index >= 15 is 0 Å². The molecular weight excluding hydrogens is 266 g/mol. The largest absolute Gasteiger partial charge is 0.438 e. The zero-order chi connectivity index (χ0) is 14.8. The van der Waals surface area contributed by atoms with Crippen LogP contribution in [-0.2, 0) is 0 Å². The molecule has 2 N–H and O–H groups in total. The van der Waals surface area contributed by atoms with Gasteiger partial charge in [0.05, 0.1) is 6.20 Å². The van der Waals surface area contributed by atoms with Gasteiger partial charge in [0.15, 0.2) is 5.65 Å². The van der Waals surface area contributed by atoms with Crippen LogP contribution >= 0.6 is 0 Å². The molecule has 2 heterocycles. The maximum atomic E-state index is 5.95. The first kappa shape index (κ1) is 13.4. The quantitative estimate of drug-likeness (QED) is 0.769. The molecule has 6 heteroatoms. The zero-order valence-electron chi connectivity index (χ0n) is 12.3. The van der Waals surface area contributed by atoms with Gasteiger partial charge in [-0.2, -0.15) is 15.1 Å². The number of hydrogen-bond acceptors (Lipinski definition) is 5. The highest BCUT2D eigenvalue weighted by Gasteiger charge is 2.11. The molecule has 0 aliphatic heterocycles. The molecule has 0 atom stereocenters. The number of H-pyrrole nitrogens is 1. The van der Waals surface area contributed by atoms with E-state index in [1.807, 2.05) is 32.9 Å². The molecule has 1 aromatic carbocycles. The molecule has 0 spiro atoms. The van der Waals surface area contributed by atoms with Crippen LogP contribution in [0.1, 0.15) is 18.1 Å². The lowest BCUT2D eigenvalue weighted by Gasteiger charge is -2.09. The van der Waals surface area contributed by atoms with Gasteiger partial charge in [-0.15, -0.1) is 0 Å². The lowest BCUT2D eigenvalue weighted by molar-refractivity contribution is 0.468. The molecule has 0 amide bonds. The molecule has 0 saturated heterocycles. The van der Waals surface area contributed by atoms with Gasteiger partial charge < -0.3 is 10.1 Å². The van der Waals surface area contributed by atoms with E-state index in [4.69, 9.17) is 4.74 Å². The number of fused-ring (bicyclic) bond motifs is 1.